The highest BCUT2D eigenvalue weighted by atomic mass is 32.2. The van der Waals surface area contributed by atoms with E-state index in [-0.39, 0.29) is 28.3 Å². The van der Waals surface area contributed by atoms with Gasteiger partial charge >= 0.3 is 0 Å². The average Bonchev–Trinajstić information content (AvgIpc) is 2.82. The van der Waals surface area contributed by atoms with Gasteiger partial charge in [0.2, 0.25) is 11.8 Å². The number of nitrogens with zero attached hydrogens (tertiary/aromatic N) is 1. The molecule has 1 saturated carbocycles. The molecule has 0 radical (unpaired) electrons. The van der Waals surface area contributed by atoms with E-state index < -0.39 is 0 Å². The maximum atomic E-state index is 12.5. The summed E-state index contributed by atoms with van der Waals surface area (Å²) in [5.41, 5.74) is 0.0174. The fraction of sp³-hybridized carbons (Fsp3) is 0.857. The maximum absolute atomic E-state index is 12.5. The van der Waals surface area contributed by atoms with E-state index >= 15 is 0 Å². The molecule has 4 nitrogen and oxygen atoms in total. The molecule has 19 heavy (non-hydrogen) atoms. The van der Waals surface area contributed by atoms with Gasteiger partial charge in [0.05, 0.1) is 4.87 Å². The minimum atomic E-state index is -0.256. The van der Waals surface area contributed by atoms with Crippen LogP contribution in [0.3, 0.4) is 0 Å². The number of carbonyl (C=O) groups excluding carboxylic acids is 2. The highest BCUT2D eigenvalue weighted by Gasteiger charge is 2.53. The van der Waals surface area contributed by atoms with Crippen molar-refractivity contribution in [3.63, 3.8) is 0 Å². The zero-order chi connectivity index (χ0) is 13.7. The number of amides is 2. The predicted molar refractivity (Wildman–Crippen MR) is 75.7 cm³/mol. The van der Waals surface area contributed by atoms with E-state index in [2.05, 4.69) is 19.2 Å². The van der Waals surface area contributed by atoms with Gasteiger partial charge in [-0.05, 0) is 39.0 Å². The van der Waals surface area contributed by atoms with Crippen LogP contribution in [0.2, 0.25) is 0 Å². The second kappa shape index (κ2) is 4.40. The predicted octanol–water partition coefficient (Wildman–Crippen LogP) is 1.89. The first kappa shape index (κ1) is 13.3. The zero-order valence-electron chi connectivity index (χ0n) is 11.7. The summed E-state index contributed by atoms with van der Waals surface area (Å²) in [6, 6.07) is -0.256. The van der Waals surface area contributed by atoms with E-state index in [0.29, 0.717) is 6.42 Å². The maximum Gasteiger partial charge on any atom is 0.244 e. The molecule has 2 heterocycles. The van der Waals surface area contributed by atoms with Crippen LogP contribution in [0.1, 0.15) is 52.4 Å². The molecule has 2 saturated heterocycles. The number of hydrogen-bond donors (Lipinski definition) is 1. The summed E-state index contributed by atoms with van der Waals surface area (Å²) in [5.74, 6) is 0.952. The summed E-state index contributed by atoms with van der Waals surface area (Å²) in [6.07, 6.45) is 5.82. The van der Waals surface area contributed by atoms with Crippen molar-refractivity contribution < 1.29 is 9.59 Å². The van der Waals surface area contributed by atoms with Crippen LogP contribution >= 0.6 is 11.8 Å². The van der Waals surface area contributed by atoms with E-state index in [4.69, 9.17) is 0 Å². The number of nitrogens with one attached hydrogen (secondary N) is 1. The lowest BCUT2D eigenvalue weighted by atomic mass is 9.74. The van der Waals surface area contributed by atoms with Gasteiger partial charge in [-0.15, -0.1) is 11.8 Å². The Kier molecular flexibility index (Phi) is 3.08. The van der Waals surface area contributed by atoms with Crippen molar-refractivity contribution in [3.8, 4) is 0 Å². The first-order chi connectivity index (χ1) is 9.00. The molecule has 3 aliphatic rings. The molecule has 0 aromatic rings. The van der Waals surface area contributed by atoms with Crippen LogP contribution in [0, 0.1) is 0 Å². The Balaban J connectivity index is 1.72. The summed E-state index contributed by atoms with van der Waals surface area (Å²) in [5, 5.41) is 3.23. The number of carbonyl (C=O) groups is 2. The second-order valence-corrected chi connectivity index (χ2v) is 7.74. The van der Waals surface area contributed by atoms with Crippen LogP contribution < -0.4 is 5.32 Å². The van der Waals surface area contributed by atoms with E-state index in [1.165, 1.54) is 6.42 Å². The summed E-state index contributed by atoms with van der Waals surface area (Å²) < 4.78 is 0. The smallest absolute Gasteiger partial charge is 0.244 e. The van der Waals surface area contributed by atoms with Crippen molar-refractivity contribution in [1.82, 2.24) is 10.2 Å². The second-order valence-electron chi connectivity index (χ2n) is 6.24. The Morgan fingerprint density at radius 1 is 1.47 bits per heavy atom. The first-order valence-electron chi connectivity index (χ1n) is 7.28. The Hall–Kier alpha value is -0.710. The molecular weight excluding hydrogens is 260 g/mol. The fourth-order valence-corrected chi connectivity index (χ4v) is 4.96. The van der Waals surface area contributed by atoms with Gasteiger partial charge in [-0.2, -0.15) is 0 Å². The molecule has 0 bridgehead atoms. The Morgan fingerprint density at radius 2 is 2.21 bits per heavy atom. The molecule has 3 fully saturated rings. The number of hydrogen-bond acceptors (Lipinski definition) is 3. The van der Waals surface area contributed by atoms with Crippen LogP contribution in [0.5, 0.6) is 0 Å². The van der Waals surface area contributed by atoms with E-state index in [0.717, 1.165) is 31.4 Å². The quantitative estimate of drug-likeness (QED) is 0.860. The molecule has 0 aromatic carbocycles. The Bertz CT molecular complexity index is 416. The Morgan fingerprint density at radius 3 is 2.79 bits per heavy atom. The SMILES string of the molecule is CCC1(NC(=O)[C@@H]2CS[C@@]3(C)CCC(=O)N23)CCC1. The molecule has 0 aromatic heterocycles. The van der Waals surface area contributed by atoms with Crippen LogP contribution in [-0.2, 0) is 9.59 Å². The molecule has 0 unspecified atom stereocenters. The lowest BCUT2D eigenvalue weighted by Gasteiger charge is -2.43. The van der Waals surface area contributed by atoms with Gasteiger partial charge in [0.25, 0.3) is 0 Å². The molecule has 2 amide bonds. The van der Waals surface area contributed by atoms with Crippen molar-refractivity contribution in [2.45, 2.75) is 68.8 Å². The summed E-state index contributed by atoms with van der Waals surface area (Å²) in [4.78, 5) is 26.3. The van der Waals surface area contributed by atoms with Gasteiger partial charge < -0.3 is 10.2 Å². The number of rotatable bonds is 3. The van der Waals surface area contributed by atoms with Crippen molar-refractivity contribution in [3.05, 3.63) is 0 Å². The van der Waals surface area contributed by atoms with Crippen molar-refractivity contribution in [1.29, 1.82) is 0 Å². The highest BCUT2D eigenvalue weighted by molar-refractivity contribution is 8.01. The minimum Gasteiger partial charge on any atom is -0.349 e. The van der Waals surface area contributed by atoms with Gasteiger partial charge in [-0.3, -0.25) is 9.59 Å². The molecule has 0 spiro atoms. The standard InChI is InChI=1S/C14H22N2O2S/c1-3-14(6-4-7-14)15-12(18)10-9-19-13(2)8-5-11(17)16(10)13/h10H,3-9H2,1-2H3,(H,15,18)/t10-,13-/m0/s1. The topological polar surface area (TPSA) is 49.4 Å². The molecular formula is C14H22N2O2S. The summed E-state index contributed by atoms with van der Waals surface area (Å²) in [6.45, 7) is 4.22. The van der Waals surface area contributed by atoms with Gasteiger partial charge in [0, 0.05) is 17.7 Å². The van der Waals surface area contributed by atoms with Crippen LogP contribution in [0.4, 0.5) is 0 Å². The third-order valence-electron chi connectivity index (χ3n) is 5.12. The van der Waals surface area contributed by atoms with Crippen molar-refractivity contribution >= 4 is 23.6 Å². The molecule has 2 atom stereocenters. The molecule has 1 aliphatic carbocycles. The summed E-state index contributed by atoms with van der Waals surface area (Å²) in [7, 11) is 0. The molecule has 1 N–H and O–H groups in total. The fourth-order valence-electron chi connectivity index (χ4n) is 3.53. The summed E-state index contributed by atoms with van der Waals surface area (Å²) >= 11 is 1.76. The van der Waals surface area contributed by atoms with Crippen LogP contribution in [-0.4, -0.2) is 38.9 Å². The third-order valence-corrected chi connectivity index (χ3v) is 6.63. The van der Waals surface area contributed by atoms with Crippen molar-refractivity contribution in [2.75, 3.05) is 5.75 Å². The van der Waals surface area contributed by atoms with Gasteiger partial charge in [0.15, 0.2) is 0 Å². The Labute approximate surface area is 118 Å². The van der Waals surface area contributed by atoms with E-state index in [1.54, 1.807) is 11.8 Å². The van der Waals surface area contributed by atoms with Gasteiger partial charge in [-0.1, -0.05) is 6.92 Å². The lowest BCUT2D eigenvalue weighted by Crippen LogP contribution is -2.59. The lowest BCUT2D eigenvalue weighted by molar-refractivity contribution is -0.139. The van der Waals surface area contributed by atoms with E-state index in [1.807, 2.05) is 4.90 Å². The number of fused-ring (bicyclic) bond motifs is 1. The van der Waals surface area contributed by atoms with Gasteiger partial charge in [0.1, 0.15) is 6.04 Å². The zero-order valence-corrected chi connectivity index (χ0v) is 12.5. The molecule has 106 valence electrons. The van der Waals surface area contributed by atoms with Crippen LogP contribution in [0.25, 0.3) is 0 Å². The van der Waals surface area contributed by atoms with E-state index in [9.17, 15) is 9.59 Å². The third kappa shape index (κ3) is 1.97. The van der Waals surface area contributed by atoms with Gasteiger partial charge in [-0.25, -0.2) is 0 Å². The average molecular weight is 282 g/mol. The molecule has 3 rings (SSSR count). The molecule has 2 aliphatic heterocycles. The first-order valence-corrected chi connectivity index (χ1v) is 8.26. The highest BCUT2D eigenvalue weighted by Crippen LogP contribution is 2.47. The normalized spacial score (nSPS) is 36.0. The largest absolute Gasteiger partial charge is 0.349 e. The monoisotopic (exact) mass is 282 g/mol. The minimum absolute atomic E-state index is 0.0174. The van der Waals surface area contributed by atoms with Crippen molar-refractivity contribution in [2.24, 2.45) is 0 Å². The number of thioether (sulfide) groups is 1. The van der Waals surface area contributed by atoms with Crippen LogP contribution in [0.15, 0.2) is 0 Å². The molecule has 5 heteroatoms.